The van der Waals surface area contributed by atoms with Crippen molar-refractivity contribution in [2.75, 3.05) is 24.5 Å². The molecule has 34 heavy (non-hydrogen) atoms. The Morgan fingerprint density at radius 2 is 2.00 bits per heavy atom. The molecule has 0 aliphatic carbocycles. The van der Waals surface area contributed by atoms with E-state index in [-0.39, 0.29) is 31.2 Å². The third-order valence-corrected chi connectivity index (χ3v) is 8.39. The van der Waals surface area contributed by atoms with Crippen LogP contribution in [0.4, 0.5) is 10.1 Å². The molecule has 176 valence electrons. The summed E-state index contributed by atoms with van der Waals surface area (Å²) >= 11 is 7.94. The van der Waals surface area contributed by atoms with Gasteiger partial charge in [-0.2, -0.15) is 0 Å². The maximum atomic E-state index is 15.5. The van der Waals surface area contributed by atoms with E-state index in [2.05, 4.69) is 15.2 Å². The zero-order valence-corrected chi connectivity index (χ0v) is 20.1. The molecule has 0 saturated carbocycles. The van der Waals surface area contributed by atoms with Crippen LogP contribution in [-0.4, -0.2) is 47.4 Å². The average molecular weight is 499 g/mol. The smallest absolute Gasteiger partial charge is 0.230 e. The van der Waals surface area contributed by atoms with Gasteiger partial charge < -0.3 is 10.2 Å². The molecule has 3 aromatic rings. The highest BCUT2D eigenvalue weighted by Crippen LogP contribution is 2.45. The number of hydrogen-bond donors (Lipinski definition) is 1. The van der Waals surface area contributed by atoms with E-state index in [1.165, 1.54) is 22.4 Å². The van der Waals surface area contributed by atoms with Crippen molar-refractivity contribution < 1.29 is 14.0 Å². The molecular weight excluding hydrogens is 475 g/mol. The van der Waals surface area contributed by atoms with Gasteiger partial charge in [0.1, 0.15) is 0 Å². The predicted octanol–water partition coefficient (Wildman–Crippen LogP) is 4.52. The van der Waals surface area contributed by atoms with Crippen LogP contribution in [-0.2, 0) is 22.6 Å². The standard InChI is InChI=1S/C25H24ClFN4O2S/c26-15-8-14-2-1-7-30(16-5-6-28-11-16)24(14)18(9-15)23-19(27)12-29-20-10-17(34-25(20)23)13-31-21(32)3-4-22(31)33/h8-10,12,16,28H,1-7,11,13H2/t16-/m0/s1. The second kappa shape index (κ2) is 8.59. The molecule has 2 fully saturated rings. The third-order valence-electron chi connectivity index (χ3n) is 7.05. The molecule has 2 aromatic heterocycles. The van der Waals surface area contributed by atoms with E-state index in [1.807, 2.05) is 18.2 Å². The summed E-state index contributed by atoms with van der Waals surface area (Å²) in [6.07, 6.45) is 4.77. The normalized spacial score (nSPS) is 20.6. The Bertz CT molecular complexity index is 1300. The van der Waals surface area contributed by atoms with Gasteiger partial charge in [0.05, 0.1) is 23.0 Å². The number of pyridine rings is 1. The lowest BCUT2D eigenvalue weighted by Gasteiger charge is -2.38. The molecular formula is C25H24ClFN4O2S. The van der Waals surface area contributed by atoms with Crippen LogP contribution in [0, 0.1) is 5.82 Å². The highest BCUT2D eigenvalue weighted by atomic mass is 35.5. The first-order valence-corrected chi connectivity index (χ1v) is 12.9. The molecule has 2 amide bonds. The van der Waals surface area contributed by atoms with Crippen LogP contribution in [0.25, 0.3) is 21.3 Å². The minimum Gasteiger partial charge on any atom is -0.366 e. The van der Waals surface area contributed by atoms with Gasteiger partial charge in [-0.1, -0.05) is 11.6 Å². The lowest BCUT2D eigenvalue weighted by molar-refractivity contribution is -0.138. The number of nitrogens with zero attached hydrogens (tertiary/aromatic N) is 3. The van der Waals surface area contributed by atoms with E-state index in [1.54, 1.807) is 0 Å². The number of nitrogens with one attached hydrogen (secondary N) is 1. The van der Waals surface area contributed by atoms with E-state index >= 15 is 4.39 Å². The minimum absolute atomic E-state index is 0.161. The van der Waals surface area contributed by atoms with Gasteiger partial charge in [0, 0.05) is 58.7 Å². The maximum absolute atomic E-state index is 15.5. The second-order valence-corrected chi connectivity index (χ2v) is 10.8. The fraction of sp³-hybridized carbons (Fsp3) is 0.400. The number of imide groups is 1. The summed E-state index contributed by atoms with van der Waals surface area (Å²) in [6, 6.07) is 6.10. The Labute approximate surface area is 205 Å². The highest BCUT2D eigenvalue weighted by molar-refractivity contribution is 7.19. The summed E-state index contributed by atoms with van der Waals surface area (Å²) in [4.78, 5) is 33.1. The summed E-state index contributed by atoms with van der Waals surface area (Å²) in [6.45, 7) is 3.03. The Morgan fingerprint density at radius 1 is 1.18 bits per heavy atom. The van der Waals surface area contributed by atoms with Gasteiger partial charge in [-0.15, -0.1) is 11.3 Å². The Kier molecular flexibility index (Phi) is 5.54. The molecule has 0 spiro atoms. The molecule has 1 atom stereocenters. The predicted molar refractivity (Wildman–Crippen MR) is 132 cm³/mol. The first kappa shape index (κ1) is 21.9. The average Bonchev–Trinajstić information content (AvgIpc) is 3.55. The van der Waals surface area contributed by atoms with Crippen LogP contribution in [0.1, 0.15) is 36.1 Å². The van der Waals surface area contributed by atoms with Crippen LogP contribution >= 0.6 is 22.9 Å². The number of aromatic nitrogens is 1. The topological polar surface area (TPSA) is 65.5 Å². The molecule has 0 radical (unpaired) electrons. The number of likely N-dealkylation sites (tertiary alicyclic amines) is 1. The number of amides is 2. The minimum atomic E-state index is -0.395. The molecule has 1 N–H and O–H groups in total. The van der Waals surface area contributed by atoms with Crippen LogP contribution in [0.5, 0.6) is 0 Å². The second-order valence-electron chi connectivity index (χ2n) is 9.19. The van der Waals surface area contributed by atoms with E-state index in [4.69, 9.17) is 11.6 Å². The summed E-state index contributed by atoms with van der Waals surface area (Å²) in [5.74, 6) is -0.716. The number of carbonyl (C=O) groups excluding carboxylic acids is 2. The largest absolute Gasteiger partial charge is 0.366 e. The van der Waals surface area contributed by atoms with Gasteiger partial charge >= 0.3 is 0 Å². The maximum Gasteiger partial charge on any atom is 0.230 e. The van der Waals surface area contributed by atoms with Crippen molar-refractivity contribution in [3.8, 4) is 11.1 Å². The number of anilines is 1. The van der Waals surface area contributed by atoms with Gasteiger partial charge in [-0.05, 0) is 49.6 Å². The van der Waals surface area contributed by atoms with Gasteiger partial charge in [-0.3, -0.25) is 19.5 Å². The number of carbonyl (C=O) groups is 2. The Hall–Kier alpha value is -2.55. The molecule has 6 nitrogen and oxygen atoms in total. The van der Waals surface area contributed by atoms with Crippen molar-refractivity contribution in [1.82, 2.24) is 15.2 Å². The zero-order chi connectivity index (χ0) is 23.4. The Morgan fingerprint density at radius 3 is 2.76 bits per heavy atom. The Balaban J connectivity index is 1.49. The van der Waals surface area contributed by atoms with Crippen molar-refractivity contribution in [2.45, 2.75) is 44.7 Å². The first-order valence-electron chi connectivity index (χ1n) is 11.7. The summed E-state index contributed by atoms with van der Waals surface area (Å²) in [7, 11) is 0. The molecule has 0 unspecified atom stereocenters. The fourth-order valence-corrected chi connectivity index (χ4v) is 6.88. The molecule has 6 rings (SSSR count). The lowest BCUT2D eigenvalue weighted by atomic mass is 9.92. The molecule has 9 heteroatoms. The monoisotopic (exact) mass is 498 g/mol. The summed E-state index contributed by atoms with van der Waals surface area (Å²) in [5.41, 5.74) is 4.16. The number of aryl methyl sites for hydroxylation is 1. The number of fused-ring (bicyclic) bond motifs is 2. The molecule has 0 bridgehead atoms. The molecule has 3 aliphatic heterocycles. The van der Waals surface area contributed by atoms with E-state index in [9.17, 15) is 9.59 Å². The summed E-state index contributed by atoms with van der Waals surface area (Å²) in [5, 5.41) is 4.04. The van der Waals surface area contributed by atoms with E-state index in [0.29, 0.717) is 26.8 Å². The van der Waals surface area contributed by atoms with Gasteiger partial charge in [0.15, 0.2) is 5.82 Å². The zero-order valence-electron chi connectivity index (χ0n) is 18.6. The molecule has 3 aliphatic rings. The first-order chi connectivity index (χ1) is 16.5. The number of rotatable bonds is 4. The highest BCUT2D eigenvalue weighted by Gasteiger charge is 2.32. The van der Waals surface area contributed by atoms with Crippen molar-refractivity contribution >= 4 is 50.7 Å². The van der Waals surface area contributed by atoms with Crippen molar-refractivity contribution in [3.05, 3.63) is 45.7 Å². The molecule has 5 heterocycles. The number of hydrogen-bond acceptors (Lipinski definition) is 6. The van der Waals surface area contributed by atoms with Crippen LogP contribution in [0.2, 0.25) is 5.02 Å². The van der Waals surface area contributed by atoms with Gasteiger partial charge in [0.2, 0.25) is 11.8 Å². The third kappa shape index (κ3) is 3.68. The molecule has 2 saturated heterocycles. The van der Waals surface area contributed by atoms with Crippen molar-refractivity contribution in [3.63, 3.8) is 0 Å². The fourth-order valence-electron chi connectivity index (χ4n) is 5.49. The van der Waals surface area contributed by atoms with Crippen molar-refractivity contribution in [1.29, 1.82) is 0 Å². The van der Waals surface area contributed by atoms with E-state index < -0.39 is 5.82 Å². The van der Waals surface area contributed by atoms with Crippen LogP contribution in [0.3, 0.4) is 0 Å². The van der Waals surface area contributed by atoms with E-state index in [0.717, 1.165) is 60.6 Å². The number of thiophene rings is 1. The SMILES string of the molecule is O=C1CCC(=O)N1Cc1cc2ncc(F)c(-c3cc(Cl)cc4c3N([C@H]3CCNC3)CCC4)c2s1. The van der Waals surface area contributed by atoms with Crippen LogP contribution < -0.4 is 10.2 Å². The lowest BCUT2D eigenvalue weighted by Crippen LogP contribution is -2.40. The summed E-state index contributed by atoms with van der Waals surface area (Å²) < 4.78 is 16.2. The van der Waals surface area contributed by atoms with Gasteiger partial charge in [-0.25, -0.2) is 4.39 Å². The molecule has 1 aromatic carbocycles. The number of benzene rings is 1. The number of halogens is 2. The van der Waals surface area contributed by atoms with Gasteiger partial charge in [0.25, 0.3) is 0 Å². The quantitative estimate of drug-likeness (QED) is 0.536. The van der Waals surface area contributed by atoms with Crippen LogP contribution in [0.15, 0.2) is 24.4 Å². The van der Waals surface area contributed by atoms with Crippen molar-refractivity contribution in [2.24, 2.45) is 0 Å².